The van der Waals surface area contributed by atoms with Crippen molar-refractivity contribution < 1.29 is 9.18 Å². The van der Waals surface area contributed by atoms with Crippen molar-refractivity contribution >= 4 is 6.03 Å². The molecule has 0 unspecified atom stereocenters. The highest BCUT2D eigenvalue weighted by Crippen LogP contribution is 2.13. The second-order valence-corrected chi connectivity index (χ2v) is 5.44. The molecule has 19 heavy (non-hydrogen) atoms. The summed E-state index contributed by atoms with van der Waals surface area (Å²) in [6.45, 7) is 6.53. The zero-order valence-electron chi connectivity index (χ0n) is 11.7. The van der Waals surface area contributed by atoms with E-state index in [1.165, 1.54) is 6.07 Å². The molecule has 1 aromatic carbocycles. The summed E-state index contributed by atoms with van der Waals surface area (Å²) < 4.78 is 13.3. The molecule has 1 rings (SSSR count). The summed E-state index contributed by atoms with van der Waals surface area (Å²) >= 11 is 0. The van der Waals surface area contributed by atoms with E-state index < -0.39 is 0 Å². The first-order chi connectivity index (χ1) is 8.88. The summed E-state index contributed by atoms with van der Waals surface area (Å²) in [6.07, 6.45) is 4.00. The van der Waals surface area contributed by atoms with Crippen LogP contribution in [-0.2, 0) is 6.42 Å². The fourth-order valence-corrected chi connectivity index (χ4v) is 1.43. The van der Waals surface area contributed by atoms with E-state index in [1.807, 2.05) is 26.8 Å². The van der Waals surface area contributed by atoms with Gasteiger partial charge in [0.15, 0.2) is 0 Å². The standard InChI is InChI=1S/C15H21FN2O/c1-15(2,3)9-11-18-14(19)17-10-8-12-6-4-5-7-13(12)16/h4-7,9,11H,8,10H2,1-3H3,(H2,17,18,19)/b11-9+. The molecule has 0 aliphatic rings. The van der Waals surface area contributed by atoms with Crippen LogP contribution in [0.4, 0.5) is 9.18 Å². The van der Waals surface area contributed by atoms with E-state index in [2.05, 4.69) is 10.6 Å². The largest absolute Gasteiger partial charge is 0.338 e. The van der Waals surface area contributed by atoms with Gasteiger partial charge in [0.2, 0.25) is 0 Å². The van der Waals surface area contributed by atoms with E-state index in [0.29, 0.717) is 18.5 Å². The van der Waals surface area contributed by atoms with Crippen molar-refractivity contribution in [1.29, 1.82) is 0 Å². The summed E-state index contributed by atoms with van der Waals surface area (Å²) in [5.74, 6) is -0.239. The minimum atomic E-state index is -0.281. The monoisotopic (exact) mass is 264 g/mol. The zero-order valence-corrected chi connectivity index (χ0v) is 11.7. The minimum absolute atomic E-state index is 0.0282. The van der Waals surface area contributed by atoms with E-state index in [0.717, 1.165) is 0 Å². The number of rotatable bonds is 4. The topological polar surface area (TPSA) is 41.1 Å². The van der Waals surface area contributed by atoms with Crippen LogP contribution in [0.25, 0.3) is 0 Å². The maximum atomic E-state index is 13.3. The van der Waals surface area contributed by atoms with E-state index in [4.69, 9.17) is 0 Å². The lowest BCUT2D eigenvalue weighted by Gasteiger charge is -2.11. The Morgan fingerprint density at radius 1 is 1.32 bits per heavy atom. The predicted octanol–water partition coefficient (Wildman–Crippen LogP) is 3.23. The van der Waals surface area contributed by atoms with Crippen molar-refractivity contribution in [2.24, 2.45) is 5.41 Å². The van der Waals surface area contributed by atoms with E-state index in [1.54, 1.807) is 24.4 Å². The SMILES string of the molecule is CC(C)(C)/C=C/NC(=O)NCCc1ccccc1F. The third-order valence-electron chi connectivity index (χ3n) is 2.44. The second-order valence-electron chi connectivity index (χ2n) is 5.44. The van der Waals surface area contributed by atoms with Crippen molar-refractivity contribution in [3.05, 3.63) is 47.9 Å². The molecule has 0 radical (unpaired) electrons. The van der Waals surface area contributed by atoms with Gasteiger partial charge in [0, 0.05) is 12.7 Å². The number of hydrogen-bond acceptors (Lipinski definition) is 1. The molecule has 0 heterocycles. The Morgan fingerprint density at radius 3 is 2.63 bits per heavy atom. The van der Waals surface area contributed by atoms with Gasteiger partial charge in [0.1, 0.15) is 5.82 Å². The number of carbonyl (C=O) groups excluding carboxylic acids is 1. The smallest absolute Gasteiger partial charge is 0.318 e. The number of nitrogens with one attached hydrogen (secondary N) is 2. The molecule has 0 saturated heterocycles. The lowest BCUT2D eigenvalue weighted by atomic mass is 9.97. The molecule has 0 aliphatic heterocycles. The normalized spacial score (nSPS) is 11.6. The lowest BCUT2D eigenvalue weighted by Crippen LogP contribution is -2.33. The van der Waals surface area contributed by atoms with E-state index in [-0.39, 0.29) is 17.3 Å². The van der Waals surface area contributed by atoms with Crippen LogP contribution in [-0.4, -0.2) is 12.6 Å². The molecule has 0 spiro atoms. The molecule has 3 nitrogen and oxygen atoms in total. The van der Waals surface area contributed by atoms with Crippen molar-refractivity contribution in [3.63, 3.8) is 0 Å². The first-order valence-corrected chi connectivity index (χ1v) is 6.34. The number of benzene rings is 1. The number of halogens is 1. The van der Waals surface area contributed by atoms with Gasteiger partial charge in [-0.05, 0) is 23.5 Å². The van der Waals surface area contributed by atoms with E-state index >= 15 is 0 Å². The van der Waals surface area contributed by atoms with Crippen LogP contribution in [0.1, 0.15) is 26.3 Å². The summed E-state index contributed by atoms with van der Waals surface area (Å²) in [6, 6.07) is 6.29. The molecule has 0 aliphatic carbocycles. The van der Waals surface area contributed by atoms with Gasteiger partial charge < -0.3 is 10.6 Å². The van der Waals surface area contributed by atoms with Crippen molar-refractivity contribution in [2.45, 2.75) is 27.2 Å². The van der Waals surface area contributed by atoms with Gasteiger partial charge in [-0.15, -0.1) is 0 Å². The molecule has 4 heteroatoms. The van der Waals surface area contributed by atoms with Gasteiger partial charge in [-0.2, -0.15) is 0 Å². The Balaban J connectivity index is 2.28. The molecule has 0 atom stereocenters. The van der Waals surface area contributed by atoms with Crippen LogP contribution in [0.2, 0.25) is 0 Å². The highest BCUT2D eigenvalue weighted by molar-refractivity contribution is 5.74. The molecular weight excluding hydrogens is 243 g/mol. The van der Waals surface area contributed by atoms with Crippen LogP contribution in [0.5, 0.6) is 0 Å². The average molecular weight is 264 g/mol. The van der Waals surface area contributed by atoms with Crippen LogP contribution < -0.4 is 10.6 Å². The van der Waals surface area contributed by atoms with Crippen LogP contribution in [0.15, 0.2) is 36.5 Å². The second kappa shape index (κ2) is 6.92. The lowest BCUT2D eigenvalue weighted by molar-refractivity contribution is 0.244. The van der Waals surface area contributed by atoms with Gasteiger partial charge in [-0.25, -0.2) is 9.18 Å². The average Bonchev–Trinajstić information content (AvgIpc) is 2.30. The van der Waals surface area contributed by atoms with Gasteiger partial charge in [-0.1, -0.05) is 45.0 Å². The van der Waals surface area contributed by atoms with Gasteiger partial charge >= 0.3 is 6.03 Å². The molecule has 0 aromatic heterocycles. The molecule has 0 saturated carbocycles. The number of carbonyl (C=O) groups is 1. The number of allylic oxidation sites excluding steroid dienone is 1. The molecule has 104 valence electrons. The first kappa shape index (κ1) is 15.2. The third kappa shape index (κ3) is 6.60. The molecule has 2 amide bonds. The van der Waals surface area contributed by atoms with Crippen LogP contribution in [0.3, 0.4) is 0 Å². The van der Waals surface area contributed by atoms with Crippen molar-refractivity contribution in [1.82, 2.24) is 10.6 Å². The van der Waals surface area contributed by atoms with Crippen molar-refractivity contribution in [3.8, 4) is 0 Å². The summed E-state index contributed by atoms with van der Waals surface area (Å²) in [5, 5.41) is 5.29. The van der Waals surface area contributed by atoms with E-state index in [9.17, 15) is 9.18 Å². The zero-order chi connectivity index (χ0) is 14.3. The van der Waals surface area contributed by atoms with Gasteiger partial charge in [0.05, 0.1) is 0 Å². The Kier molecular flexibility index (Phi) is 5.55. The summed E-state index contributed by atoms with van der Waals surface area (Å²) in [4.78, 5) is 11.4. The van der Waals surface area contributed by atoms with Crippen LogP contribution in [0, 0.1) is 11.2 Å². The molecule has 0 fully saturated rings. The highest BCUT2D eigenvalue weighted by Gasteiger charge is 2.04. The minimum Gasteiger partial charge on any atom is -0.338 e. The molecule has 2 N–H and O–H groups in total. The number of urea groups is 1. The highest BCUT2D eigenvalue weighted by atomic mass is 19.1. The first-order valence-electron chi connectivity index (χ1n) is 6.34. The third-order valence-corrected chi connectivity index (χ3v) is 2.44. The fourth-order valence-electron chi connectivity index (χ4n) is 1.43. The number of hydrogen-bond donors (Lipinski definition) is 2. The Labute approximate surface area is 113 Å². The maximum absolute atomic E-state index is 13.3. The Hall–Kier alpha value is -1.84. The van der Waals surface area contributed by atoms with Crippen LogP contribution >= 0.6 is 0 Å². The predicted molar refractivity (Wildman–Crippen MR) is 75.2 cm³/mol. The van der Waals surface area contributed by atoms with Gasteiger partial charge in [0.25, 0.3) is 0 Å². The Bertz CT molecular complexity index is 450. The molecule has 1 aromatic rings. The maximum Gasteiger partial charge on any atom is 0.318 e. The molecular formula is C15H21FN2O. The van der Waals surface area contributed by atoms with Crippen molar-refractivity contribution in [2.75, 3.05) is 6.54 Å². The fraction of sp³-hybridized carbons (Fsp3) is 0.400. The van der Waals surface area contributed by atoms with Gasteiger partial charge in [-0.3, -0.25) is 0 Å². The molecule has 0 bridgehead atoms. The number of amides is 2. The quantitative estimate of drug-likeness (QED) is 0.861. The summed E-state index contributed by atoms with van der Waals surface area (Å²) in [7, 11) is 0. The summed E-state index contributed by atoms with van der Waals surface area (Å²) in [5.41, 5.74) is 0.633. The Morgan fingerprint density at radius 2 is 2.00 bits per heavy atom.